The van der Waals surface area contributed by atoms with Gasteiger partial charge >= 0.3 is 0 Å². The Bertz CT molecular complexity index is 621. The Morgan fingerprint density at radius 2 is 2.08 bits per heavy atom. The van der Waals surface area contributed by atoms with Crippen molar-refractivity contribution in [3.63, 3.8) is 0 Å². The van der Waals surface area contributed by atoms with Crippen LogP contribution in [0.5, 0.6) is 11.5 Å². The van der Waals surface area contributed by atoms with Crippen LogP contribution in [0.4, 0.5) is 0 Å². The van der Waals surface area contributed by atoms with Gasteiger partial charge in [-0.25, -0.2) is 0 Å². The monoisotopic (exact) mass is 538 g/mol. The van der Waals surface area contributed by atoms with E-state index in [9.17, 15) is 0 Å². The second kappa shape index (κ2) is 10.6. The maximum Gasteiger partial charge on any atom is 0.231 e. The number of ether oxygens (including phenoxy) is 2. The number of halogens is 2. The molecule has 0 amide bonds. The molecule has 146 valence electrons. The van der Waals surface area contributed by atoms with Crippen LogP contribution in [-0.2, 0) is 6.54 Å². The summed E-state index contributed by atoms with van der Waals surface area (Å²) in [7, 11) is 1.82. The minimum Gasteiger partial charge on any atom is -0.454 e. The Kier molecular flexibility index (Phi) is 8.75. The number of hydrogen-bond acceptors (Lipinski definition) is 4. The topological polar surface area (TPSA) is 58.1 Å². The van der Waals surface area contributed by atoms with E-state index in [-0.39, 0.29) is 30.8 Å². The molecule has 26 heavy (non-hydrogen) atoms. The molecule has 0 aromatic heterocycles. The van der Waals surface area contributed by atoms with Gasteiger partial charge in [0, 0.05) is 32.7 Å². The number of piperidine rings is 1. The summed E-state index contributed by atoms with van der Waals surface area (Å²) in [6.07, 6.45) is 3.55. The zero-order valence-corrected chi connectivity index (χ0v) is 19.3. The van der Waals surface area contributed by atoms with Crippen LogP contribution in [0.3, 0.4) is 0 Å². The first-order valence-corrected chi connectivity index (χ1v) is 9.76. The van der Waals surface area contributed by atoms with E-state index in [0.29, 0.717) is 12.6 Å². The maximum absolute atomic E-state index is 5.47. The molecule has 1 saturated heterocycles. The highest BCUT2D eigenvalue weighted by Crippen LogP contribution is 2.39. The van der Waals surface area contributed by atoms with Gasteiger partial charge in [-0.3, -0.25) is 4.99 Å². The molecule has 8 heteroatoms. The lowest BCUT2D eigenvalue weighted by atomic mass is 10.1. The summed E-state index contributed by atoms with van der Waals surface area (Å²) in [4.78, 5) is 6.90. The lowest BCUT2D eigenvalue weighted by Crippen LogP contribution is -2.48. The van der Waals surface area contributed by atoms with E-state index in [1.165, 1.54) is 13.0 Å². The Labute approximate surface area is 181 Å². The van der Waals surface area contributed by atoms with E-state index < -0.39 is 0 Å². The summed E-state index contributed by atoms with van der Waals surface area (Å²) >= 11 is 3.54. The van der Waals surface area contributed by atoms with Gasteiger partial charge in [-0.1, -0.05) is 6.92 Å². The first kappa shape index (κ1) is 21.6. The zero-order chi connectivity index (χ0) is 17.6. The second-order valence-corrected chi connectivity index (χ2v) is 7.35. The van der Waals surface area contributed by atoms with Crippen molar-refractivity contribution >= 4 is 45.9 Å². The van der Waals surface area contributed by atoms with E-state index in [4.69, 9.17) is 9.47 Å². The summed E-state index contributed by atoms with van der Waals surface area (Å²) in [6, 6.07) is 4.55. The molecule has 2 N–H and O–H groups in total. The summed E-state index contributed by atoms with van der Waals surface area (Å²) in [5.41, 5.74) is 1.12. The van der Waals surface area contributed by atoms with Crippen molar-refractivity contribution in [2.75, 3.05) is 33.5 Å². The van der Waals surface area contributed by atoms with Gasteiger partial charge in [0.05, 0.1) is 4.47 Å². The third kappa shape index (κ3) is 5.63. The van der Waals surface area contributed by atoms with Gasteiger partial charge in [0.2, 0.25) is 6.79 Å². The fourth-order valence-electron chi connectivity index (χ4n) is 3.31. The van der Waals surface area contributed by atoms with Crippen LogP contribution in [0.1, 0.15) is 31.7 Å². The zero-order valence-electron chi connectivity index (χ0n) is 15.4. The average molecular weight is 539 g/mol. The molecule has 6 nitrogen and oxygen atoms in total. The third-order valence-corrected chi connectivity index (χ3v) is 5.23. The number of rotatable bonds is 5. The van der Waals surface area contributed by atoms with Gasteiger partial charge in [-0.05, 0) is 59.4 Å². The van der Waals surface area contributed by atoms with Gasteiger partial charge in [-0.15, -0.1) is 24.0 Å². The van der Waals surface area contributed by atoms with Crippen LogP contribution >= 0.6 is 39.9 Å². The quantitative estimate of drug-likeness (QED) is 0.342. The Balaban J connectivity index is 0.00000243. The number of benzene rings is 1. The smallest absolute Gasteiger partial charge is 0.231 e. The molecule has 2 aliphatic heterocycles. The van der Waals surface area contributed by atoms with Gasteiger partial charge in [0.15, 0.2) is 17.5 Å². The van der Waals surface area contributed by atoms with E-state index >= 15 is 0 Å². The minimum absolute atomic E-state index is 0. The maximum atomic E-state index is 5.47. The third-order valence-electron chi connectivity index (χ3n) is 4.64. The summed E-state index contributed by atoms with van der Waals surface area (Å²) in [5.74, 6) is 2.42. The van der Waals surface area contributed by atoms with Crippen LogP contribution < -0.4 is 20.1 Å². The number of guanidine groups is 1. The molecule has 2 aliphatic rings. The lowest BCUT2D eigenvalue weighted by molar-refractivity contribution is 0.173. The largest absolute Gasteiger partial charge is 0.454 e. The van der Waals surface area contributed by atoms with Crippen LogP contribution in [0.2, 0.25) is 0 Å². The fourth-order valence-corrected chi connectivity index (χ4v) is 3.92. The number of nitrogens with zero attached hydrogens (tertiary/aromatic N) is 2. The predicted molar refractivity (Wildman–Crippen MR) is 119 cm³/mol. The van der Waals surface area contributed by atoms with Crippen molar-refractivity contribution in [1.82, 2.24) is 15.5 Å². The molecular formula is C18H28BrIN4O2. The molecule has 0 aliphatic carbocycles. The van der Waals surface area contributed by atoms with Gasteiger partial charge < -0.3 is 25.0 Å². The highest BCUT2D eigenvalue weighted by molar-refractivity contribution is 14.0. The molecule has 1 aromatic rings. The highest BCUT2D eigenvalue weighted by Gasteiger charge is 2.20. The molecule has 0 saturated carbocycles. The molecule has 2 heterocycles. The molecule has 1 aromatic carbocycles. The van der Waals surface area contributed by atoms with Crippen molar-refractivity contribution in [2.45, 2.75) is 38.8 Å². The first-order valence-electron chi connectivity index (χ1n) is 8.97. The standard InChI is InChI=1S/C18H27BrN4O2.HI/c1-3-6-23-7-4-14(5-8-23)22-18(20-2)21-11-13-9-15(19)17-16(10-13)24-12-25-17;/h9-10,14H,3-8,11-12H2,1-2H3,(H2,20,21,22);1H. The first-order chi connectivity index (χ1) is 12.2. The second-order valence-electron chi connectivity index (χ2n) is 6.50. The number of likely N-dealkylation sites (tertiary alicyclic amines) is 1. The van der Waals surface area contributed by atoms with Crippen LogP contribution in [-0.4, -0.2) is 50.4 Å². The summed E-state index contributed by atoms with van der Waals surface area (Å²) < 4.78 is 11.8. The number of fused-ring (bicyclic) bond motifs is 1. The fraction of sp³-hybridized carbons (Fsp3) is 0.611. The summed E-state index contributed by atoms with van der Waals surface area (Å²) in [6.45, 7) is 6.74. The van der Waals surface area contributed by atoms with Crippen molar-refractivity contribution in [1.29, 1.82) is 0 Å². The minimum atomic E-state index is 0. The molecule has 1 fully saturated rings. The van der Waals surface area contributed by atoms with Crippen molar-refractivity contribution in [3.8, 4) is 11.5 Å². The van der Waals surface area contributed by atoms with E-state index in [1.54, 1.807) is 0 Å². The Hall–Kier alpha value is -0.740. The molecule has 0 bridgehead atoms. The van der Waals surface area contributed by atoms with Crippen LogP contribution in [0.25, 0.3) is 0 Å². The predicted octanol–water partition coefficient (Wildman–Crippen LogP) is 3.34. The molecular weight excluding hydrogens is 511 g/mol. The molecule has 0 unspecified atom stereocenters. The van der Waals surface area contributed by atoms with E-state index in [1.807, 2.05) is 13.1 Å². The van der Waals surface area contributed by atoms with Crippen LogP contribution in [0.15, 0.2) is 21.6 Å². The SMILES string of the molecule is CCCN1CCC(NC(=NC)NCc2cc(Br)c3c(c2)OCO3)CC1.I. The Morgan fingerprint density at radius 1 is 1.31 bits per heavy atom. The molecule has 0 atom stereocenters. The van der Waals surface area contributed by atoms with Gasteiger partial charge in [0.25, 0.3) is 0 Å². The normalized spacial score (nSPS) is 17.7. The average Bonchev–Trinajstić information content (AvgIpc) is 3.09. The number of nitrogens with one attached hydrogen (secondary N) is 2. The van der Waals surface area contributed by atoms with E-state index in [2.05, 4.69) is 49.4 Å². The molecule has 0 spiro atoms. The van der Waals surface area contributed by atoms with Gasteiger partial charge in [0.1, 0.15) is 0 Å². The molecule has 0 radical (unpaired) electrons. The Morgan fingerprint density at radius 3 is 2.77 bits per heavy atom. The lowest BCUT2D eigenvalue weighted by Gasteiger charge is -2.32. The summed E-state index contributed by atoms with van der Waals surface area (Å²) in [5, 5.41) is 6.95. The number of aliphatic imine (C=N–C) groups is 1. The molecule has 3 rings (SSSR count). The van der Waals surface area contributed by atoms with E-state index in [0.717, 1.165) is 53.4 Å². The van der Waals surface area contributed by atoms with Crippen molar-refractivity contribution < 1.29 is 9.47 Å². The highest BCUT2D eigenvalue weighted by atomic mass is 127. The van der Waals surface area contributed by atoms with Crippen molar-refractivity contribution in [3.05, 3.63) is 22.2 Å². The van der Waals surface area contributed by atoms with Gasteiger partial charge in [-0.2, -0.15) is 0 Å². The van der Waals surface area contributed by atoms with Crippen molar-refractivity contribution in [2.24, 2.45) is 4.99 Å². The number of hydrogen-bond donors (Lipinski definition) is 2. The van der Waals surface area contributed by atoms with Crippen LogP contribution in [0, 0.1) is 0 Å².